The second-order valence-corrected chi connectivity index (χ2v) is 6.31. The highest BCUT2D eigenvalue weighted by molar-refractivity contribution is 5.97. The first-order valence-corrected chi connectivity index (χ1v) is 7.96. The maximum absolute atomic E-state index is 11.5. The van der Waals surface area contributed by atoms with Crippen molar-refractivity contribution in [1.82, 2.24) is 14.5 Å². The van der Waals surface area contributed by atoms with Crippen LogP contribution >= 0.6 is 0 Å². The first-order chi connectivity index (χ1) is 10.2. The number of ketones is 1. The van der Waals surface area contributed by atoms with Gasteiger partial charge in [0.2, 0.25) is 0 Å². The summed E-state index contributed by atoms with van der Waals surface area (Å²) in [4.78, 5) is 18.9. The van der Waals surface area contributed by atoms with E-state index in [1.165, 1.54) is 30.6 Å². The Bertz CT molecular complexity index is 699. The summed E-state index contributed by atoms with van der Waals surface area (Å²) < 4.78 is 2.35. The molecule has 2 aliphatic rings. The smallest absolute Gasteiger partial charge is 0.159 e. The molecule has 0 bridgehead atoms. The fourth-order valence-electron chi connectivity index (χ4n) is 3.54. The molecule has 110 valence electrons. The standard InChI is InChI=1S/C17H21N3O/c1-12(21)13-5-6-16-15(11-13)18-17-7-8-19(9-10-20(16)17)14-3-2-4-14/h5-6,11,14H,2-4,7-10H2,1H3. The zero-order valence-corrected chi connectivity index (χ0v) is 12.5. The monoisotopic (exact) mass is 283 g/mol. The molecule has 21 heavy (non-hydrogen) atoms. The largest absolute Gasteiger partial charge is 0.327 e. The molecule has 0 amide bonds. The SMILES string of the molecule is CC(=O)c1ccc2c(c1)nc1n2CCN(C2CCC2)CC1. The Balaban J connectivity index is 1.66. The normalized spacial score (nSPS) is 20.0. The van der Waals surface area contributed by atoms with Gasteiger partial charge in [0.1, 0.15) is 5.82 Å². The van der Waals surface area contributed by atoms with Crippen molar-refractivity contribution in [1.29, 1.82) is 0 Å². The van der Waals surface area contributed by atoms with Crippen LogP contribution in [0, 0.1) is 0 Å². The minimum absolute atomic E-state index is 0.108. The van der Waals surface area contributed by atoms with Crippen LogP contribution in [0.5, 0.6) is 0 Å². The molecular weight excluding hydrogens is 262 g/mol. The maximum Gasteiger partial charge on any atom is 0.159 e. The van der Waals surface area contributed by atoms with E-state index in [9.17, 15) is 4.79 Å². The quantitative estimate of drug-likeness (QED) is 0.795. The Kier molecular flexibility index (Phi) is 3.07. The maximum atomic E-state index is 11.5. The van der Waals surface area contributed by atoms with E-state index in [0.717, 1.165) is 43.2 Å². The van der Waals surface area contributed by atoms with Crippen molar-refractivity contribution in [2.75, 3.05) is 13.1 Å². The van der Waals surface area contributed by atoms with Gasteiger partial charge in [-0.15, -0.1) is 0 Å². The molecule has 1 aromatic carbocycles. The van der Waals surface area contributed by atoms with E-state index in [1.54, 1.807) is 6.92 Å². The van der Waals surface area contributed by atoms with E-state index in [2.05, 4.69) is 15.5 Å². The van der Waals surface area contributed by atoms with Gasteiger partial charge in [0.05, 0.1) is 11.0 Å². The zero-order valence-electron chi connectivity index (χ0n) is 12.5. The molecule has 0 atom stereocenters. The molecule has 1 aromatic heterocycles. The van der Waals surface area contributed by atoms with E-state index >= 15 is 0 Å². The average molecular weight is 283 g/mol. The Labute approximate surface area is 124 Å². The van der Waals surface area contributed by atoms with Crippen LogP contribution in [0.2, 0.25) is 0 Å². The number of hydrogen-bond acceptors (Lipinski definition) is 3. The number of nitrogens with zero attached hydrogens (tertiary/aromatic N) is 3. The minimum atomic E-state index is 0.108. The van der Waals surface area contributed by atoms with Crippen molar-refractivity contribution in [3.63, 3.8) is 0 Å². The number of rotatable bonds is 2. The topological polar surface area (TPSA) is 38.1 Å². The number of carbonyl (C=O) groups is 1. The third kappa shape index (κ3) is 2.18. The van der Waals surface area contributed by atoms with Gasteiger partial charge in [0, 0.05) is 37.7 Å². The number of Topliss-reactive ketones (excluding diaryl/α,β-unsaturated/α-hetero) is 1. The number of benzene rings is 1. The minimum Gasteiger partial charge on any atom is -0.327 e. The van der Waals surface area contributed by atoms with Crippen molar-refractivity contribution in [2.45, 2.75) is 45.2 Å². The highest BCUT2D eigenvalue weighted by Gasteiger charge is 2.27. The molecule has 4 heteroatoms. The van der Waals surface area contributed by atoms with Crippen molar-refractivity contribution in [3.05, 3.63) is 29.6 Å². The second-order valence-electron chi connectivity index (χ2n) is 6.31. The number of hydrogen-bond donors (Lipinski definition) is 0. The summed E-state index contributed by atoms with van der Waals surface area (Å²) in [6, 6.07) is 6.73. The third-order valence-corrected chi connectivity index (χ3v) is 5.06. The molecule has 1 aliphatic carbocycles. The van der Waals surface area contributed by atoms with E-state index in [-0.39, 0.29) is 5.78 Å². The third-order valence-electron chi connectivity index (χ3n) is 5.06. The summed E-state index contributed by atoms with van der Waals surface area (Å²) in [5.74, 6) is 1.28. The van der Waals surface area contributed by atoms with Gasteiger partial charge in [-0.2, -0.15) is 0 Å². The molecule has 0 radical (unpaired) electrons. The summed E-state index contributed by atoms with van der Waals surface area (Å²) >= 11 is 0. The number of carbonyl (C=O) groups excluding carboxylic acids is 1. The molecule has 1 aliphatic heterocycles. The lowest BCUT2D eigenvalue weighted by molar-refractivity contribution is 0.101. The first kappa shape index (κ1) is 13.0. The summed E-state index contributed by atoms with van der Waals surface area (Å²) in [6.07, 6.45) is 5.14. The molecule has 1 fully saturated rings. The van der Waals surface area contributed by atoms with Crippen LogP contribution in [0.1, 0.15) is 42.4 Å². The van der Waals surface area contributed by atoms with E-state index in [0.29, 0.717) is 0 Å². The average Bonchev–Trinajstić information content (AvgIpc) is 2.64. The molecule has 1 saturated carbocycles. The molecular formula is C17H21N3O. The predicted molar refractivity (Wildman–Crippen MR) is 82.7 cm³/mol. The molecule has 0 saturated heterocycles. The highest BCUT2D eigenvalue weighted by Crippen LogP contribution is 2.27. The van der Waals surface area contributed by atoms with Crippen LogP contribution in [0.15, 0.2) is 18.2 Å². The lowest BCUT2D eigenvalue weighted by Gasteiger charge is -2.36. The van der Waals surface area contributed by atoms with Crippen molar-refractivity contribution in [3.8, 4) is 0 Å². The number of fused-ring (bicyclic) bond motifs is 3. The van der Waals surface area contributed by atoms with Crippen molar-refractivity contribution in [2.24, 2.45) is 0 Å². The Hall–Kier alpha value is -1.68. The first-order valence-electron chi connectivity index (χ1n) is 7.96. The van der Waals surface area contributed by atoms with Gasteiger partial charge < -0.3 is 4.57 Å². The second kappa shape index (κ2) is 4.95. The fourth-order valence-corrected chi connectivity index (χ4v) is 3.54. The van der Waals surface area contributed by atoms with Crippen LogP contribution in [-0.2, 0) is 13.0 Å². The summed E-state index contributed by atoms with van der Waals surface area (Å²) in [5, 5.41) is 0. The van der Waals surface area contributed by atoms with Gasteiger partial charge in [0.25, 0.3) is 0 Å². The summed E-state index contributed by atoms with van der Waals surface area (Å²) in [5.41, 5.74) is 2.90. The zero-order chi connectivity index (χ0) is 14.4. The van der Waals surface area contributed by atoms with Crippen LogP contribution in [0.3, 0.4) is 0 Å². The summed E-state index contributed by atoms with van der Waals surface area (Å²) in [7, 11) is 0. The molecule has 0 unspecified atom stereocenters. The van der Waals surface area contributed by atoms with Crippen LogP contribution < -0.4 is 0 Å². The predicted octanol–water partition coefficient (Wildman–Crippen LogP) is 2.65. The van der Waals surface area contributed by atoms with E-state index in [1.807, 2.05) is 12.1 Å². The summed E-state index contributed by atoms with van der Waals surface area (Å²) in [6.45, 7) is 4.87. The number of aromatic nitrogens is 2. The lowest BCUT2D eigenvalue weighted by Crippen LogP contribution is -2.41. The van der Waals surface area contributed by atoms with Crippen LogP contribution in [0.4, 0.5) is 0 Å². The molecule has 4 nitrogen and oxygen atoms in total. The van der Waals surface area contributed by atoms with E-state index < -0.39 is 0 Å². The van der Waals surface area contributed by atoms with Gasteiger partial charge in [-0.25, -0.2) is 4.98 Å². The van der Waals surface area contributed by atoms with Crippen LogP contribution in [0.25, 0.3) is 11.0 Å². The van der Waals surface area contributed by atoms with Gasteiger partial charge in [-0.1, -0.05) is 6.42 Å². The number of imidazole rings is 1. The highest BCUT2D eigenvalue weighted by atomic mass is 16.1. The van der Waals surface area contributed by atoms with Crippen molar-refractivity contribution < 1.29 is 4.79 Å². The molecule has 2 aromatic rings. The Morgan fingerprint density at radius 1 is 1.24 bits per heavy atom. The van der Waals surface area contributed by atoms with Crippen molar-refractivity contribution >= 4 is 16.8 Å². The molecule has 4 rings (SSSR count). The Morgan fingerprint density at radius 3 is 2.81 bits per heavy atom. The lowest BCUT2D eigenvalue weighted by atomic mass is 9.91. The van der Waals surface area contributed by atoms with Gasteiger partial charge in [0.15, 0.2) is 5.78 Å². The van der Waals surface area contributed by atoms with Gasteiger partial charge in [-0.05, 0) is 38.0 Å². The van der Waals surface area contributed by atoms with E-state index in [4.69, 9.17) is 4.98 Å². The fraction of sp³-hybridized carbons (Fsp3) is 0.529. The Morgan fingerprint density at radius 2 is 2.10 bits per heavy atom. The van der Waals surface area contributed by atoms with Crippen LogP contribution in [-0.4, -0.2) is 39.4 Å². The molecule has 2 heterocycles. The van der Waals surface area contributed by atoms with Gasteiger partial charge in [-0.3, -0.25) is 9.69 Å². The molecule has 0 spiro atoms. The molecule has 0 N–H and O–H groups in total. The van der Waals surface area contributed by atoms with Gasteiger partial charge >= 0.3 is 0 Å².